The summed E-state index contributed by atoms with van der Waals surface area (Å²) < 4.78 is 0. The maximum Gasteiger partial charge on any atom is 0.240 e. The lowest BCUT2D eigenvalue weighted by atomic mass is 9.87. The first kappa shape index (κ1) is 18.2. The summed E-state index contributed by atoms with van der Waals surface area (Å²) in [5.74, 6) is 0.164. The van der Waals surface area contributed by atoms with Gasteiger partial charge in [0.05, 0.1) is 0 Å². The van der Waals surface area contributed by atoms with Crippen LogP contribution in [0, 0.1) is 11.8 Å². The largest absolute Gasteiger partial charge is 0.368 e. The van der Waals surface area contributed by atoms with E-state index in [0.29, 0.717) is 25.4 Å². The molecule has 0 aromatic rings. The van der Waals surface area contributed by atoms with E-state index < -0.39 is 6.04 Å². The summed E-state index contributed by atoms with van der Waals surface area (Å²) in [4.78, 5) is 26.2. The monoisotopic (exact) mass is 317 g/mol. The van der Waals surface area contributed by atoms with E-state index in [1.54, 1.807) is 4.90 Å². The van der Waals surface area contributed by atoms with Crippen LogP contribution in [0.4, 0.5) is 0 Å². The molecule has 2 rings (SSSR count). The van der Waals surface area contributed by atoms with Gasteiger partial charge in [0.25, 0.3) is 0 Å². The molecule has 0 aromatic carbocycles. The van der Waals surface area contributed by atoms with Crippen molar-refractivity contribution in [2.45, 2.75) is 57.4 Å². The molecule has 2 amide bonds. The Balaban J connectivity index is 0.00000220. The Bertz CT molecular complexity index is 359. The average Bonchev–Trinajstić information content (AvgIpc) is 2.69. The lowest BCUT2D eigenvalue weighted by Crippen LogP contribution is -2.50. The molecular formula is C15H28ClN3O2. The first-order valence-corrected chi connectivity index (χ1v) is 7.93. The smallest absolute Gasteiger partial charge is 0.240 e. The van der Waals surface area contributed by atoms with Crippen LogP contribution in [-0.2, 0) is 9.59 Å². The molecular weight excluding hydrogens is 290 g/mol. The Morgan fingerprint density at radius 3 is 2.29 bits per heavy atom. The highest BCUT2D eigenvalue weighted by Crippen LogP contribution is 2.29. The van der Waals surface area contributed by atoms with Gasteiger partial charge >= 0.3 is 0 Å². The predicted octanol–water partition coefficient (Wildman–Crippen LogP) is 1.43. The van der Waals surface area contributed by atoms with Crippen molar-refractivity contribution in [2.75, 3.05) is 13.1 Å². The summed E-state index contributed by atoms with van der Waals surface area (Å²) in [5, 5.41) is 0. The van der Waals surface area contributed by atoms with E-state index in [2.05, 4.69) is 0 Å². The molecule has 0 bridgehead atoms. The van der Waals surface area contributed by atoms with Gasteiger partial charge in [0.15, 0.2) is 0 Å². The number of halogens is 1. The van der Waals surface area contributed by atoms with Gasteiger partial charge in [-0.05, 0) is 44.6 Å². The van der Waals surface area contributed by atoms with Crippen LogP contribution in [0.1, 0.15) is 51.4 Å². The number of nitrogens with two attached hydrogens (primary N) is 2. The number of carbonyl (C=O) groups is 2. The number of primary amides is 1. The zero-order valence-corrected chi connectivity index (χ0v) is 13.4. The number of rotatable bonds is 3. The van der Waals surface area contributed by atoms with Gasteiger partial charge in [-0.2, -0.15) is 0 Å². The first-order chi connectivity index (χ1) is 9.63. The second-order valence-corrected chi connectivity index (χ2v) is 6.26. The second-order valence-electron chi connectivity index (χ2n) is 6.26. The van der Waals surface area contributed by atoms with E-state index in [9.17, 15) is 9.59 Å². The molecule has 0 unspecified atom stereocenters. The number of carbonyl (C=O) groups excluding carboxylic acids is 2. The Morgan fingerprint density at radius 1 is 1.05 bits per heavy atom. The van der Waals surface area contributed by atoms with E-state index in [0.717, 1.165) is 38.5 Å². The fraction of sp³-hybridized carbons (Fsp3) is 0.867. The van der Waals surface area contributed by atoms with E-state index in [1.807, 2.05) is 0 Å². The third-order valence-electron chi connectivity index (χ3n) is 4.84. The average molecular weight is 318 g/mol. The molecule has 1 aliphatic carbocycles. The molecule has 4 N–H and O–H groups in total. The molecule has 5 nitrogen and oxygen atoms in total. The SMILES string of the molecule is Cl.NC[C@@H]1CCCN(C(=O)C2CCCCC2)[C@@H](C(N)=O)C1. The van der Waals surface area contributed by atoms with Gasteiger partial charge in [-0.3, -0.25) is 9.59 Å². The molecule has 2 atom stereocenters. The molecule has 21 heavy (non-hydrogen) atoms. The Morgan fingerprint density at radius 2 is 1.71 bits per heavy atom. The van der Waals surface area contributed by atoms with Gasteiger partial charge in [0.1, 0.15) is 6.04 Å². The van der Waals surface area contributed by atoms with Crippen LogP contribution in [0.15, 0.2) is 0 Å². The summed E-state index contributed by atoms with van der Waals surface area (Å²) in [6, 6.07) is -0.458. The topological polar surface area (TPSA) is 89.4 Å². The van der Waals surface area contributed by atoms with Crippen LogP contribution >= 0.6 is 12.4 Å². The van der Waals surface area contributed by atoms with Gasteiger partial charge < -0.3 is 16.4 Å². The zero-order chi connectivity index (χ0) is 14.5. The Kier molecular flexibility index (Phi) is 7.46. The number of nitrogens with zero attached hydrogens (tertiary/aromatic N) is 1. The molecule has 0 radical (unpaired) electrons. The summed E-state index contributed by atoms with van der Waals surface area (Å²) in [6.45, 7) is 1.22. The number of hydrogen-bond donors (Lipinski definition) is 2. The van der Waals surface area contributed by atoms with Crippen LogP contribution in [0.3, 0.4) is 0 Å². The van der Waals surface area contributed by atoms with Crippen molar-refractivity contribution in [3.05, 3.63) is 0 Å². The Hall–Kier alpha value is -0.810. The zero-order valence-electron chi connectivity index (χ0n) is 12.6. The van der Waals surface area contributed by atoms with Gasteiger partial charge in [0.2, 0.25) is 11.8 Å². The van der Waals surface area contributed by atoms with Crippen LogP contribution in [0.5, 0.6) is 0 Å². The quantitative estimate of drug-likeness (QED) is 0.825. The number of likely N-dealkylation sites (tertiary alicyclic amines) is 1. The normalized spacial score (nSPS) is 27.6. The minimum atomic E-state index is -0.458. The minimum absolute atomic E-state index is 0. The van der Waals surface area contributed by atoms with Crippen molar-refractivity contribution in [3.63, 3.8) is 0 Å². The molecule has 122 valence electrons. The lowest BCUT2D eigenvalue weighted by Gasteiger charge is -2.33. The lowest BCUT2D eigenvalue weighted by molar-refractivity contribution is -0.143. The number of hydrogen-bond acceptors (Lipinski definition) is 3. The predicted molar refractivity (Wildman–Crippen MR) is 84.9 cm³/mol. The highest BCUT2D eigenvalue weighted by atomic mass is 35.5. The third kappa shape index (κ3) is 4.58. The van der Waals surface area contributed by atoms with Crippen molar-refractivity contribution in [3.8, 4) is 0 Å². The fourth-order valence-electron chi connectivity index (χ4n) is 3.60. The molecule has 2 aliphatic rings. The molecule has 0 aromatic heterocycles. The minimum Gasteiger partial charge on any atom is -0.368 e. The van der Waals surface area contributed by atoms with E-state index in [1.165, 1.54) is 6.42 Å². The van der Waals surface area contributed by atoms with Gasteiger partial charge in [0, 0.05) is 12.5 Å². The maximum absolute atomic E-state index is 12.7. The summed E-state index contributed by atoms with van der Waals surface area (Å²) in [5.41, 5.74) is 11.3. The van der Waals surface area contributed by atoms with Crippen LogP contribution in [0.2, 0.25) is 0 Å². The third-order valence-corrected chi connectivity index (χ3v) is 4.84. The van der Waals surface area contributed by atoms with Gasteiger partial charge in [-0.15, -0.1) is 12.4 Å². The van der Waals surface area contributed by atoms with Crippen molar-refractivity contribution in [1.82, 2.24) is 4.90 Å². The van der Waals surface area contributed by atoms with Gasteiger partial charge in [-0.25, -0.2) is 0 Å². The molecule has 1 aliphatic heterocycles. The molecule has 1 saturated heterocycles. The first-order valence-electron chi connectivity index (χ1n) is 7.93. The highest BCUT2D eigenvalue weighted by Gasteiger charge is 2.35. The second kappa shape index (κ2) is 8.59. The maximum atomic E-state index is 12.7. The van der Waals surface area contributed by atoms with Crippen molar-refractivity contribution < 1.29 is 9.59 Å². The van der Waals surface area contributed by atoms with Crippen LogP contribution < -0.4 is 11.5 Å². The van der Waals surface area contributed by atoms with Crippen molar-refractivity contribution in [1.29, 1.82) is 0 Å². The highest BCUT2D eigenvalue weighted by molar-refractivity contribution is 5.87. The standard InChI is InChI=1S/C15H27N3O2.ClH/c16-10-11-5-4-8-18(13(9-11)14(17)19)15(20)12-6-2-1-3-7-12;/h11-13H,1-10,16H2,(H2,17,19);1H/t11-,13-;/m1./s1. The molecule has 6 heteroatoms. The number of amides is 2. The summed E-state index contributed by atoms with van der Waals surface area (Å²) in [7, 11) is 0. The molecule has 0 spiro atoms. The van der Waals surface area contributed by atoms with Crippen LogP contribution in [0.25, 0.3) is 0 Å². The van der Waals surface area contributed by atoms with E-state index >= 15 is 0 Å². The van der Waals surface area contributed by atoms with E-state index in [-0.39, 0.29) is 30.1 Å². The molecule has 2 fully saturated rings. The fourth-order valence-corrected chi connectivity index (χ4v) is 3.60. The molecule has 1 saturated carbocycles. The summed E-state index contributed by atoms with van der Waals surface area (Å²) in [6.07, 6.45) is 7.91. The van der Waals surface area contributed by atoms with Gasteiger partial charge in [-0.1, -0.05) is 19.3 Å². The summed E-state index contributed by atoms with van der Waals surface area (Å²) >= 11 is 0. The van der Waals surface area contributed by atoms with Crippen molar-refractivity contribution in [2.24, 2.45) is 23.3 Å². The van der Waals surface area contributed by atoms with Crippen LogP contribution in [-0.4, -0.2) is 35.8 Å². The Labute approximate surface area is 133 Å². The van der Waals surface area contributed by atoms with Crippen molar-refractivity contribution >= 4 is 24.2 Å². The van der Waals surface area contributed by atoms with E-state index in [4.69, 9.17) is 11.5 Å². The molecule has 1 heterocycles.